The van der Waals surface area contributed by atoms with Crippen molar-refractivity contribution in [3.05, 3.63) is 48.5 Å². The van der Waals surface area contributed by atoms with Crippen LogP contribution in [0.3, 0.4) is 0 Å². The monoisotopic (exact) mass is 294 g/mol. The molecule has 0 aliphatic carbocycles. The lowest BCUT2D eigenvalue weighted by Crippen LogP contribution is -2.07. The van der Waals surface area contributed by atoms with Crippen LogP contribution in [-0.2, 0) is 4.79 Å². The van der Waals surface area contributed by atoms with E-state index in [1.165, 1.54) is 6.92 Å². The molecule has 3 N–H and O–H groups in total. The van der Waals surface area contributed by atoms with Crippen LogP contribution in [-0.4, -0.2) is 26.1 Å². The van der Waals surface area contributed by atoms with E-state index >= 15 is 0 Å². The molecule has 0 atom stereocenters. The van der Waals surface area contributed by atoms with Gasteiger partial charge in [-0.2, -0.15) is 4.68 Å². The molecule has 0 bridgehead atoms. The second kappa shape index (κ2) is 5.65. The number of anilines is 2. The minimum atomic E-state index is -0.134. The molecule has 7 nitrogen and oxygen atoms in total. The highest BCUT2D eigenvalue weighted by Gasteiger charge is 2.11. The summed E-state index contributed by atoms with van der Waals surface area (Å²) in [6, 6.07) is 14.6. The van der Waals surface area contributed by atoms with Gasteiger partial charge in [-0.25, -0.2) is 0 Å². The Morgan fingerprint density at radius 3 is 2.77 bits per heavy atom. The molecule has 0 radical (unpaired) electrons. The van der Waals surface area contributed by atoms with E-state index in [1.54, 1.807) is 28.9 Å². The molecule has 0 saturated carbocycles. The molecule has 7 heteroatoms. The number of hydrogen-bond acceptors (Lipinski definition) is 5. The third-order valence-corrected chi connectivity index (χ3v) is 3.03. The minimum absolute atomic E-state index is 0.134. The molecular weight excluding hydrogens is 280 g/mol. The maximum absolute atomic E-state index is 11.2. The first-order valence-electron chi connectivity index (χ1n) is 6.66. The standard InChI is InChI=1S/C15H14N6O/c1-10(22)17-13-6-3-7-14(9-13)21-15(18-19-20-21)11-4-2-5-12(16)8-11/h2-9H,16H2,1H3,(H,17,22). The highest BCUT2D eigenvalue weighted by atomic mass is 16.1. The summed E-state index contributed by atoms with van der Waals surface area (Å²) in [5, 5.41) is 14.5. The van der Waals surface area contributed by atoms with Crippen molar-refractivity contribution in [1.82, 2.24) is 20.2 Å². The summed E-state index contributed by atoms with van der Waals surface area (Å²) in [6.07, 6.45) is 0. The molecule has 0 unspecified atom stereocenters. The molecule has 0 aliphatic heterocycles. The average Bonchev–Trinajstić information content (AvgIpc) is 2.96. The van der Waals surface area contributed by atoms with E-state index in [1.807, 2.05) is 24.3 Å². The van der Waals surface area contributed by atoms with Crippen LogP contribution in [0, 0.1) is 0 Å². The minimum Gasteiger partial charge on any atom is -0.399 e. The summed E-state index contributed by atoms with van der Waals surface area (Å²) >= 11 is 0. The highest BCUT2D eigenvalue weighted by molar-refractivity contribution is 5.88. The van der Waals surface area contributed by atoms with Crippen LogP contribution in [0.5, 0.6) is 0 Å². The molecule has 1 heterocycles. The third-order valence-electron chi connectivity index (χ3n) is 3.03. The number of carbonyl (C=O) groups excluding carboxylic acids is 1. The maximum atomic E-state index is 11.2. The molecule has 0 spiro atoms. The Kier molecular flexibility index (Phi) is 3.53. The zero-order chi connectivity index (χ0) is 15.5. The number of amides is 1. The fourth-order valence-electron chi connectivity index (χ4n) is 2.14. The number of carbonyl (C=O) groups is 1. The predicted molar refractivity (Wildman–Crippen MR) is 83.3 cm³/mol. The summed E-state index contributed by atoms with van der Waals surface area (Å²) in [5.41, 5.74) is 8.68. The Balaban J connectivity index is 2.03. The normalized spacial score (nSPS) is 10.4. The number of hydrogen-bond donors (Lipinski definition) is 2. The van der Waals surface area contributed by atoms with Gasteiger partial charge in [-0.05, 0) is 40.8 Å². The summed E-state index contributed by atoms with van der Waals surface area (Å²) in [5.74, 6) is 0.442. The molecule has 1 aromatic heterocycles. The number of rotatable bonds is 3. The topological polar surface area (TPSA) is 98.7 Å². The first-order chi connectivity index (χ1) is 10.6. The number of aromatic nitrogens is 4. The molecule has 3 aromatic rings. The Bertz CT molecular complexity index is 826. The number of nitrogen functional groups attached to an aromatic ring is 1. The SMILES string of the molecule is CC(=O)Nc1cccc(-n2nnnc2-c2cccc(N)c2)c1. The molecule has 0 aliphatic rings. The van der Waals surface area contributed by atoms with Gasteiger partial charge in [0.1, 0.15) is 0 Å². The summed E-state index contributed by atoms with van der Waals surface area (Å²) in [7, 11) is 0. The highest BCUT2D eigenvalue weighted by Crippen LogP contribution is 2.22. The van der Waals surface area contributed by atoms with Gasteiger partial charge in [0.15, 0.2) is 5.82 Å². The lowest BCUT2D eigenvalue weighted by molar-refractivity contribution is -0.114. The number of tetrazole rings is 1. The van der Waals surface area contributed by atoms with Gasteiger partial charge in [-0.1, -0.05) is 18.2 Å². The molecule has 2 aromatic carbocycles. The summed E-state index contributed by atoms with van der Waals surface area (Å²) in [6.45, 7) is 1.46. The number of nitrogens with zero attached hydrogens (tertiary/aromatic N) is 4. The van der Waals surface area contributed by atoms with Gasteiger partial charge >= 0.3 is 0 Å². The van der Waals surface area contributed by atoms with Crippen LogP contribution < -0.4 is 11.1 Å². The average molecular weight is 294 g/mol. The molecule has 22 heavy (non-hydrogen) atoms. The Labute approximate surface area is 126 Å². The fraction of sp³-hybridized carbons (Fsp3) is 0.0667. The summed E-state index contributed by atoms with van der Waals surface area (Å²) < 4.78 is 1.60. The maximum Gasteiger partial charge on any atom is 0.221 e. The lowest BCUT2D eigenvalue weighted by atomic mass is 10.2. The molecule has 0 saturated heterocycles. The van der Waals surface area contributed by atoms with Crippen LogP contribution in [0.25, 0.3) is 17.1 Å². The van der Waals surface area contributed by atoms with Gasteiger partial charge in [0.05, 0.1) is 5.69 Å². The van der Waals surface area contributed by atoms with Gasteiger partial charge < -0.3 is 11.1 Å². The van der Waals surface area contributed by atoms with Gasteiger partial charge in [-0.15, -0.1) is 5.10 Å². The van der Waals surface area contributed by atoms with Crippen molar-refractivity contribution in [3.63, 3.8) is 0 Å². The predicted octanol–water partition coefficient (Wildman–Crippen LogP) is 1.87. The van der Waals surface area contributed by atoms with Crippen LogP contribution in [0.4, 0.5) is 11.4 Å². The number of benzene rings is 2. The van der Waals surface area contributed by atoms with Crippen molar-refractivity contribution in [2.75, 3.05) is 11.1 Å². The lowest BCUT2D eigenvalue weighted by Gasteiger charge is -2.07. The third kappa shape index (κ3) is 2.78. The van der Waals surface area contributed by atoms with E-state index < -0.39 is 0 Å². The van der Waals surface area contributed by atoms with Gasteiger partial charge in [0, 0.05) is 23.9 Å². The van der Waals surface area contributed by atoms with E-state index in [9.17, 15) is 4.79 Å². The molecule has 3 rings (SSSR count). The van der Waals surface area contributed by atoms with Crippen molar-refractivity contribution in [2.45, 2.75) is 6.92 Å². The van der Waals surface area contributed by atoms with Crippen molar-refractivity contribution in [2.24, 2.45) is 0 Å². The smallest absolute Gasteiger partial charge is 0.221 e. The Hall–Kier alpha value is -3.22. The van der Waals surface area contributed by atoms with Crippen molar-refractivity contribution >= 4 is 17.3 Å². The van der Waals surface area contributed by atoms with E-state index in [4.69, 9.17) is 5.73 Å². The molecule has 1 amide bonds. The van der Waals surface area contributed by atoms with Crippen LogP contribution in [0.2, 0.25) is 0 Å². The first-order valence-corrected chi connectivity index (χ1v) is 6.66. The zero-order valence-corrected chi connectivity index (χ0v) is 11.9. The molecular formula is C15H14N6O. The van der Waals surface area contributed by atoms with Crippen LogP contribution >= 0.6 is 0 Å². The van der Waals surface area contributed by atoms with Crippen LogP contribution in [0.1, 0.15) is 6.92 Å². The second-order valence-corrected chi connectivity index (χ2v) is 4.77. The van der Waals surface area contributed by atoms with Crippen molar-refractivity contribution < 1.29 is 4.79 Å². The van der Waals surface area contributed by atoms with Gasteiger partial charge in [0.25, 0.3) is 0 Å². The van der Waals surface area contributed by atoms with E-state index in [2.05, 4.69) is 20.8 Å². The first kappa shape index (κ1) is 13.7. The Morgan fingerprint density at radius 1 is 1.18 bits per heavy atom. The summed E-state index contributed by atoms with van der Waals surface area (Å²) in [4.78, 5) is 11.2. The fourth-order valence-corrected chi connectivity index (χ4v) is 2.14. The largest absolute Gasteiger partial charge is 0.399 e. The number of nitrogens with two attached hydrogens (primary N) is 1. The molecule has 0 fully saturated rings. The van der Waals surface area contributed by atoms with Crippen molar-refractivity contribution in [3.8, 4) is 17.1 Å². The van der Waals surface area contributed by atoms with Crippen molar-refractivity contribution in [1.29, 1.82) is 0 Å². The van der Waals surface area contributed by atoms with Crippen LogP contribution in [0.15, 0.2) is 48.5 Å². The van der Waals surface area contributed by atoms with E-state index in [-0.39, 0.29) is 5.91 Å². The number of nitrogens with one attached hydrogen (secondary N) is 1. The zero-order valence-electron chi connectivity index (χ0n) is 11.9. The van der Waals surface area contributed by atoms with E-state index in [0.717, 1.165) is 11.3 Å². The molecule has 110 valence electrons. The Morgan fingerprint density at radius 2 is 2.00 bits per heavy atom. The van der Waals surface area contributed by atoms with E-state index in [0.29, 0.717) is 17.2 Å². The quantitative estimate of drug-likeness (QED) is 0.718. The second-order valence-electron chi connectivity index (χ2n) is 4.77. The van der Waals surface area contributed by atoms with Gasteiger partial charge in [0.2, 0.25) is 5.91 Å². The van der Waals surface area contributed by atoms with Gasteiger partial charge in [-0.3, -0.25) is 4.79 Å².